The van der Waals surface area contributed by atoms with Crippen molar-refractivity contribution in [3.05, 3.63) is 39.7 Å². The maximum absolute atomic E-state index is 12.2. The Hall–Kier alpha value is -2.78. The number of carbonyl (C=O) groups excluding carboxylic acids is 2. The summed E-state index contributed by atoms with van der Waals surface area (Å²) in [6.07, 6.45) is 2.39. The lowest BCUT2D eigenvalue weighted by Crippen LogP contribution is -2.26. The molecule has 1 amide bonds. The first-order valence-electron chi connectivity index (χ1n) is 10.3. The lowest BCUT2D eigenvalue weighted by Gasteiger charge is -2.22. The predicted octanol–water partition coefficient (Wildman–Crippen LogP) is 3.56. The Morgan fingerprint density at radius 3 is 2.61 bits per heavy atom. The molecule has 0 aromatic carbocycles. The molecule has 1 saturated carbocycles. The minimum Gasteiger partial charge on any atom is -0.465 e. The van der Waals surface area contributed by atoms with Crippen molar-refractivity contribution >= 4 is 39.1 Å². The molecule has 0 unspecified atom stereocenters. The van der Waals surface area contributed by atoms with Gasteiger partial charge in [-0.15, -0.1) is 11.3 Å². The van der Waals surface area contributed by atoms with Crippen molar-refractivity contribution in [3.63, 3.8) is 0 Å². The maximum atomic E-state index is 12.2. The van der Waals surface area contributed by atoms with Crippen molar-refractivity contribution in [3.8, 4) is 0 Å². The van der Waals surface area contributed by atoms with Crippen molar-refractivity contribution in [1.82, 2.24) is 19.7 Å². The predicted molar refractivity (Wildman–Crippen MR) is 120 cm³/mol. The van der Waals surface area contributed by atoms with Gasteiger partial charge < -0.3 is 10.1 Å². The van der Waals surface area contributed by atoms with Crippen molar-refractivity contribution in [2.45, 2.75) is 52.7 Å². The number of ether oxygens (including phenoxy) is 1. The second-order valence-corrected chi connectivity index (χ2v) is 9.04. The molecular formula is C22H27N5O3S. The number of thiophene rings is 1. The lowest BCUT2D eigenvalue weighted by molar-refractivity contribution is -0.114. The first-order valence-corrected chi connectivity index (χ1v) is 11.1. The number of anilines is 1. The molecule has 0 aliphatic heterocycles. The zero-order valence-electron chi connectivity index (χ0n) is 18.5. The minimum atomic E-state index is -0.476. The van der Waals surface area contributed by atoms with Crippen molar-refractivity contribution < 1.29 is 14.3 Å². The third kappa shape index (κ3) is 4.33. The van der Waals surface area contributed by atoms with Gasteiger partial charge in [-0.05, 0) is 38.8 Å². The number of hydrogen-bond acceptors (Lipinski definition) is 7. The fourth-order valence-electron chi connectivity index (χ4n) is 3.85. The summed E-state index contributed by atoms with van der Waals surface area (Å²) in [5.74, 6) is -0.716. The molecule has 0 bridgehead atoms. The van der Waals surface area contributed by atoms with Gasteiger partial charge >= 0.3 is 5.97 Å². The number of nitrogens with zero attached hydrogens (tertiary/aromatic N) is 4. The highest BCUT2D eigenvalue weighted by Gasteiger charge is 2.31. The number of esters is 1. The van der Waals surface area contributed by atoms with Crippen LogP contribution in [-0.2, 0) is 29.7 Å². The van der Waals surface area contributed by atoms with E-state index in [2.05, 4.69) is 29.2 Å². The number of hydrogen-bond donors (Lipinski definition) is 1. The number of pyridine rings is 1. The van der Waals surface area contributed by atoms with E-state index in [0.29, 0.717) is 21.4 Å². The molecule has 8 nitrogen and oxygen atoms in total. The topological polar surface area (TPSA) is 89.3 Å². The van der Waals surface area contributed by atoms with Crippen LogP contribution in [0.15, 0.2) is 12.1 Å². The van der Waals surface area contributed by atoms with Crippen LogP contribution in [0.25, 0.3) is 10.2 Å². The second-order valence-electron chi connectivity index (χ2n) is 8.04. The van der Waals surface area contributed by atoms with Gasteiger partial charge in [-0.1, -0.05) is 0 Å². The van der Waals surface area contributed by atoms with Gasteiger partial charge in [0.15, 0.2) is 0 Å². The van der Waals surface area contributed by atoms with Crippen LogP contribution in [0, 0.1) is 13.8 Å². The first-order chi connectivity index (χ1) is 14.8. The molecule has 1 fully saturated rings. The minimum absolute atomic E-state index is 0.240. The SMILES string of the molecule is COC(=O)c1sc2nc(CN(Cc3c(C)nn(C)c3C)C3CC3)ccc2c1NC(C)=O. The molecular weight excluding hydrogens is 414 g/mol. The van der Waals surface area contributed by atoms with Crippen LogP contribution in [0.1, 0.15) is 52.1 Å². The van der Waals surface area contributed by atoms with Crippen LogP contribution in [-0.4, -0.2) is 44.7 Å². The number of aromatic nitrogens is 3. The molecule has 3 aromatic heterocycles. The summed E-state index contributed by atoms with van der Waals surface area (Å²) < 4.78 is 6.82. The Morgan fingerprint density at radius 2 is 2.03 bits per heavy atom. The molecule has 0 radical (unpaired) electrons. The molecule has 1 aliphatic carbocycles. The summed E-state index contributed by atoms with van der Waals surface area (Å²) in [5.41, 5.74) is 4.93. The van der Waals surface area contributed by atoms with E-state index in [1.165, 1.54) is 49.5 Å². The van der Waals surface area contributed by atoms with Crippen LogP contribution in [0.2, 0.25) is 0 Å². The summed E-state index contributed by atoms with van der Waals surface area (Å²) in [6.45, 7) is 7.14. The largest absolute Gasteiger partial charge is 0.465 e. The zero-order valence-corrected chi connectivity index (χ0v) is 19.3. The fraction of sp³-hybridized carbons (Fsp3) is 0.455. The van der Waals surface area contributed by atoms with Crippen molar-refractivity contribution in [2.24, 2.45) is 7.05 Å². The third-order valence-corrected chi connectivity index (χ3v) is 6.81. The molecule has 0 spiro atoms. The molecule has 4 rings (SSSR count). The Bertz CT molecular complexity index is 1160. The van der Waals surface area contributed by atoms with E-state index in [0.717, 1.165) is 29.9 Å². The first kappa shape index (κ1) is 21.5. The smallest absolute Gasteiger partial charge is 0.350 e. The lowest BCUT2D eigenvalue weighted by atomic mass is 10.1. The Kier molecular flexibility index (Phi) is 5.81. The van der Waals surface area contributed by atoms with Crippen molar-refractivity contribution in [1.29, 1.82) is 0 Å². The van der Waals surface area contributed by atoms with Crippen LogP contribution in [0.3, 0.4) is 0 Å². The molecule has 1 N–H and O–H groups in total. The molecule has 0 atom stereocenters. The molecule has 3 heterocycles. The summed E-state index contributed by atoms with van der Waals surface area (Å²) in [7, 11) is 3.31. The van der Waals surface area contributed by atoms with Crippen LogP contribution in [0.5, 0.6) is 0 Å². The Labute approximate surface area is 185 Å². The summed E-state index contributed by atoms with van der Waals surface area (Å²) >= 11 is 1.24. The Balaban J connectivity index is 1.64. The molecule has 0 saturated heterocycles. The molecule has 164 valence electrons. The van der Waals surface area contributed by atoms with Gasteiger partial charge in [0.05, 0.1) is 24.2 Å². The normalized spacial score (nSPS) is 13.7. The van der Waals surface area contributed by atoms with Gasteiger partial charge in [-0.3, -0.25) is 14.4 Å². The summed E-state index contributed by atoms with van der Waals surface area (Å²) in [4.78, 5) is 32.2. The van der Waals surface area contributed by atoms with Gasteiger partial charge in [0, 0.05) is 49.7 Å². The third-order valence-electron chi connectivity index (χ3n) is 5.73. The quantitative estimate of drug-likeness (QED) is 0.564. The number of amides is 1. The standard InChI is InChI=1S/C22H27N5O3S/c1-12-18(13(2)26(4)25-12)11-27(16-7-8-16)10-15-6-9-17-19(23-14(3)28)20(22(29)30-5)31-21(17)24-15/h6,9,16H,7-8,10-11H2,1-5H3,(H,23,28). The van der Waals surface area contributed by atoms with Gasteiger partial charge in [-0.25, -0.2) is 9.78 Å². The van der Waals surface area contributed by atoms with Gasteiger partial charge in [0.1, 0.15) is 9.71 Å². The van der Waals surface area contributed by atoms with Crippen LogP contribution in [0.4, 0.5) is 5.69 Å². The van der Waals surface area contributed by atoms with Gasteiger partial charge in [0.25, 0.3) is 0 Å². The molecule has 3 aromatic rings. The average Bonchev–Trinajstić information content (AvgIpc) is 3.47. The Morgan fingerprint density at radius 1 is 1.29 bits per heavy atom. The highest BCUT2D eigenvalue weighted by molar-refractivity contribution is 7.21. The van der Waals surface area contributed by atoms with Gasteiger partial charge in [0.2, 0.25) is 5.91 Å². The number of carbonyl (C=O) groups is 2. The number of aryl methyl sites for hydroxylation is 2. The van der Waals surface area contributed by atoms with Crippen LogP contribution >= 0.6 is 11.3 Å². The number of rotatable bonds is 7. The van der Waals surface area contributed by atoms with E-state index in [-0.39, 0.29) is 5.91 Å². The number of nitrogens with one attached hydrogen (secondary N) is 1. The van der Waals surface area contributed by atoms with E-state index in [4.69, 9.17) is 9.72 Å². The second kappa shape index (κ2) is 8.39. The van der Waals surface area contributed by atoms with E-state index >= 15 is 0 Å². The number of fused-ring (bicyclic) bond motifs is 1. The summed E-state index contributed by atoms with van der Waals surface area (Å²) in [5, 5.41) is 8.06. The van der Waals surface area contributed by atoms with E-state index in [9.17, 15) is 9.59 Å². The van der Waals surface area contributed by atoms with E-state index < -0.39 is 5.97 Å². The average molecular weight is 442 g/mol. The maximum Gasteiger partial charge on any atom is 0.350 e. The highest BCUT2D eigenvalue weighted by Crippen LogP contribution is 2.36. The summed E-state index contributed by atoms with van der Waals surface area (Å²) in [6, 6.07) is 4.46. The van der Waals surface area contributed by atoms with Gasteiger partial charge in [-0.2, -0.15) is 5.10 Å². The van der Waals surface area contributed by atoms with Crippen LogP contribution < -0.4 is 5.32 Å². The fourth-order valence-corrected chi connectivity index (χ4v) is 4.92. The molecule has 1 aliphatic rings. The van der Waals surface area contributed by atoms with E-state index in [1.807, 2.05) is 23.9 Å². The monoisotopic (exact) mass is 441 g/mol. The molecule has 9 heteroatoms. The zero-order chi connectivity index (χ0) is 22.3. The number of methoxy groups -OCH3 is 1. The molecule has 31 heavy (non-hydrogen) atoms. The van der Waals surface area contributed by atoms with Crippen molar-refractivity contribution in [2.75, 3.05) is 12.4 Å². The van der Waals surface area contributed by atoms with E-state index in [1.54, 1.807) is 0 Å². The highest BCUT2D eigenvalue weighted by atomic mass is 32.1.